The van der Waals surface area contributed by atoms with Crippen molar-refractivity contribution in [3.63, 3.8) is 0 Å². The second kappa shape index (κ2) is 8.58. The maximum absolute atomic E-state index is 14.6. The summed E-state index contributed by atoms with van der Waals surface area (Å²) in [6.45, 7) is 0. The van der Waals surface area contributed by atoms with Gasteiger partial charge in [0.25, 0.3) is 5.92 Å². The van der Waals surface area contributed by atoms with Crippen LogP contribution in [-0.4, -0.2) is 22.9 Å². The molecule has 3 aliphatic carbocycles. The van der Waals surface area contributed by atoms with Gasteiger partial charge >= 0.3 is 5.97 Å². The van der Waals surface area contributed by atoms with Gasteiger partial charge in [-0.05, 0) is 68.2 Å². The molecule has 32 heavy (non-hydrogen) atoms. The van der Waals surface area contributed by atoms with E-state index in [0.717, 1.165) is 0 Å². The lowest BCUT2D eigenvalue weighted by Crippen LogP contribution is -2.41. The van der Waals surface area contributed by atoms with Gasteiger partial charge in [0, 0.05) is 17.4 Å². The van der Waals surface area contributed by atoms with Crippen LogP contribution in [0, 0.1) is 29.0 Å². The first-order chi connectivity index (χ1) is 15.1. The number of halogens is 4. The highest BCUT2D eigenvalue weighted by Gasteiger charge is 2.52. The minimum atomic E-state index is -2.97. The maximum Gasteiger partial charge on any atom is 0.309 e. The number of carboxylic acid groups (broad SMARTS) is 1. The number of rotatable bonds is 7. The van der Waals surface area contributed by atoms with Crippen LogP contribution in [-0.2, 0) is 16.0 Å². The average molecular weight is 468 g/mol. The summed E-state index contributed by atoms with van der Waals surface area (Å²) in [5, 5.41) is 12.4. The number of aliphatic carboxylic acids is 1. The lowest BCUT2D eigenvalue weighted by molar-refractivity contribution is -0.143. The van der Waals surface area contributed by atoms with E-state index in [1.54, 1.807) is 18.2 Å². The van der Waals surface area contributed by atoms with Gasteiger partial charge in [0.1, 0.15) is 5.82 Å². The van der Waals surface area contributed by atoms with Crippen LogP contribution in [0.25, 0.3) is 0 Å². The number of carbonyl (C=O) groups excluding carboxylic acids is 1. The van der Waals surface area contributed by atoms with Crippen LogP contribution in [0.4, 0.5) is 18.9 Å². The van der Waals surface area contributed by atoms with Gasteiger partial charge in [-0.3, -0.25) is 9.59 Å². The Balaban J connectivity index is 1.57. The van der Waals surface area contributed by atoms with Crippen molar-refractivity contribution in [1.29, 1.82) is 0 Å². The summed E-state index contributed by atoms with van der Waals surface area (Å²) in [4.78, 5) is 24.7. The number of benzene rings is 1. The number of amides is 1. The summed E-state index contributed by atoms with van der Waals surface area (Å²) in [5.41, 5.74) is -0.378. The van der Waals surface area contributed by atoms with Gasteiger partial charge in [0.15, 0.2) is 0 Å². The van der Waals surface area contributed by atoms with Crippen LogP contribution in [0.1, 0.15) is 44.1 Å². The normalized spacial score (nSPS) is 26.3. The molecular formula is C24H25ClF3NO3. The molecule has 2 unspecified atom stereocenters. The zero-order valence-electron chi connectivity index (χ0n) is 17.4. The Morgan fingerprint density at radius 2 is 2.00 bits per heavy atom. The van der Waals surface area contributed by atoms with E-state index in [1.807, 2.05) is 0 Å². The molecule has 8 heteroatoms. The molecule has 2 fully saturated rings. The van der Waals surface area contributed by atoms with Crippen LogP contribution >= 0.6 is 11.6 Å². The smallest absolute Gasteiger partial charge is 0.309 e. The van der Waals surface area contributed by atoms with Crippen molar-refractivity contribution in [2.24, 2.45) is 23.2 Å². The molecule has 0 radical (unpaired) electrons. The highest BCUT2D eigenvalue weighted by molar-refractivity contribution is 6.31. The molecule has 2 saturated carbocycles. The lowest BCUT2D eigenvalue weighted by Gasteiger charge is -2.33. The van der Waals surface area contributed by atoms with Gasteiger partial charge in [-0.2, -0.15) is 0 Å². The van der Waals surface area contributed by atoms with Crippen molar-refractivity contribution in [2.45, 2.75) is 50.9 Å². The Bertz CT molecular complexity index is 987. The third-order valence-corrected chi connectivity index (χ3v) is 7.27. The fourth-order valence-electron chi connectivity index (χ4n) is 4.95. The highest BCUT2D eigenvalue weighted by Crippen LogP contribution is 2.50. The fraction of sp³-hybridized carbons (Fsp3) is 0.500. The van der Waals surface area contributed by atoms with Crippen LogP contribution in [0.3, 0.4) is 0 Å². The summed E-state index contributed by atoms with van der Waals surface area (Å²) in [6, 6.07) is 4.08. The van der Waals surface area contributed by atoms with Crippen LogP contribution < -0.4 is 5.32 Å². The van der Waals surface area contributed by atoms with Crippen molar-refractivity contribution in [1.82, 2.24) is 0 Å². The first-order valence-corrected chi connectivity index (χ1v) is 11.2. The SMILES string of the molecule is O=C(Nc1cc(CC2(C(=O)O)CC2)ccc1F)[C@H](C1C=CC(Cl)=CC1)C1CCCC1(F)F. The molecule has 1 aromatic rings. The first kappa shape index (κ1) is 22.9. The molecule has 1 amide bonds. The van der Waals surface area contributed by atoms with Crippen molar-refractivity contribution in [2.75, 3.05) is 5.32 Å². The maximum atomic E-state index is 14.6. The molecule has 0 heterocycles. The number of carboxylic acids is 1. The van der Waals surface area contributed by atoms with Crippen LogP contribution in [0.2, 0.25) is 0 Å². The van der Waals surface area contributed by atoms with Crippen molar-refractivity contribution in [3.8, 4) is 0 Å². The van der Waals surface area contributed by atoms with E-state index in [4.69, 9.17) is 11.6 Å². The zero-order chi connectivity index (χ0) is 23.1. The molecule has 172 valence electrons. The second-order valence-electron chi connectivity index (χ2n) is 9.20. The molecule has 4 nitrogen and oxygen atoms in total. The molecule has 1 aromatic carbocycles. The van der Waals surface area contributed by atoms with E-state index < -0.39 is 46.8 Å². The molecule has 4 rings (SSSR count). The second-order valence-corrected chi connectivity index (χ2v) is 9.64. The Morgan fingerprint density at radius 1 is 1.25 bits per heavy atom. The summed E-state index contributed by atoms with van der Waals surface area (Å²) in [6.07, 6.45) is 6.93. The minimum Gasteiger partial charge on any atom is -0.481 e. The molecule has 0 saturated heterocycles. The van der Waals surface area contributed by atoms with Gasteiger partial charge in [-0.15, -0.1) is 0 Å². The number of hydrogen-bond donors (Lipinski definition) is 2. The Labute approximate surface area is 189 Å². The molecule has 3 atom stereocenters. The Hall–Kier alpha value is -2.28. The predicted octanol–water partition coefficient (Wildman–Crippen LogP) is 5.92. The number of allylic oxidation sites excluding steroid dienone is 4. The number of alkyl halides is 2. The Morgan fingerprint density at radius 3 is 2.56 bits per heavy atom. The quantitative estimate of drug-likeness (QED) is 0.523. The van der Waals surface area contributed by atoms with Gasteiger partial charge in [0.05, 0.1) is 17.0 Å². The van der Waals surface area contributed by atoms with Crippen molar-refractivity contribution >= 4 is 29.2 Å². The van der Waals surface area contributed by atoms with Crippen molar-refractivity contribution < 1.29 is 27.9 Å². The van der Waals surface area contributed by atoms with Crippen molar-refractivity contribution in [3.05, 3.63) is 52.8 Å². The van der Waals surface area contributed by atoms with Crippen LogP contribution in [0.5, 0.6) is 0 Å². The average Bonchev–Trinajstić information content (AvgIpc) is 3.44. The third-order valence-electron chi connectivity index (χ3n) is 6.99. The molecular weight excluding hydrogens is 443 g/mol. The first-order valence-electron chi connectivity index (χ1n) is 10.9. The summed E-state index contributed by atoms with van der Waals surface area (Å²) in [7, 11) is 0. The largest absolute Gasteiger partial charge is 0.481 e. The minimum absolute atomic E-state index is 0.117. The number of carbonyl (C=O) groups is 2. The molecule has 0 aromatic heterocycles. The van der Waals surface area contributed by atoms with E-state index in [9.17, 15) is 27.9 Å². The fourth-order valence-corrected chi connectivity index (χ4v) is 5.11. The zero-order valence-corrected chi connectivity index (χ0v) is 18.2. The van der Waals surface area contributed by atoms with E-state index >= 15 is 0 Å². The van der Waals surface area contributed by atoms with Crippen LogP contribution in [0.15, 0.2) is 41.5 Å². The third kappa shape index (κ3) is 4.58. The summed E-state index contributed by atoms with van der Waals surface area (Å²) in [5.74, 6) is -7.88. The summed E-state index contributed by atoms with van der Waals surface area (Å²) < 4.78 is 43.8. The standard InChI is InChI=1S/C24H25ClF3NO3/c25-16-6-4-15(5-7-16)20(17-2-1-9-24(17,27)28)21(30)29-19-12-14(3-8-18(19)26)13-23(10-11-23)22(31)32/h3-4,6-8,12,15,17,20H,1-2,5,9-11,13H2,(H,29,30)(H,31,32)/t15?,17?,20-/m1/s1. The lowest BCUT2D eigenvalue weighted by atomic mass is 9.75. The monoisotopic (exact) mass is 467 g/mol. The van der Waals surface area contributed by atoms with Gasteiger partial charge in [-0.1, -0.05) is 29.8 Å². The molecule has 0 aliphatic heterocycles. The number of nitrogens with one attached hydrogen (secondary N) is 1. The molecule has 3 aliphatic rings. The molecule has 2 N–H and O–H groups in total. The molecule has 0 spiro atoms. The Kier molecular flexibility index (Phi) is 6.14. The number of hydrogen-bond acceptors (Lipinski definition) is 2. The van der Waals surface area contributed by atoms with E-state index in [1.165, 1.54) is 18.2 Å². The number of anilines is 1. The topological polar surface area (TPSA) is 66.4 Å². The van der Waals surface area contributed by atoms with Gasteiger partial charge in [0.2, 0.25) is 5.91 Å². The highest BCUT2D eigenvalue weighted by atomic mass is 35.5. The van der Waals surface area contributed by atoms with E-state index in [-0.39, 0.29) is 24.9 Å². The predicted molar refractivity (Wildman–Crippen MR) is 115 cm³/mol. The molecule has 0 bridgehead atoms. The van der Waals surface area contributed by atoms with Gasteiger partial charge in [-0.25, -0.2) is 13.2 Å². The van der Waals surface area contributed by atoms with E-state index in [0.29, 0.717) is 36.3 Å². The summed E-state index contributed by atoms with van der Waals surface area (Å²) >= 11 is 5.96. The van der Waals surface area contributed by atoms with Gasteiger partial charge < -0.3 is 10.4 Å². The van der Waals surface area contributed by atoms with E-state index in [2.05, 4.69) is 5.32 Å².